The Labute approximate surface area is 153 Å². The SMILES string of the molecule is CC(C)c1cc(-c2csc(CCN)n2)ccc1OCc1ccccc1. The van der Waals surface area contributed by atoms with Crippen LogP contribution in [0.1, 0.15) is 35.9 Å². The number of aromatic nitrogens is 1. The Morgan fingerprint density at radius 3 is 2.64 bits per heavy atom. The molecule has 0 aliphatic heterocycles. The van der Waals surface area contributed by atoms with Crippen molar-refractivity contribution in [1.29, 1.82) is 0 Å². The maximum absolute atomic E-state index is 6.08. The predicted octanol–water partition coefficient (Wildman–Crippen LogP) is 5.01. The molecule has 0 unspecified atom stereocenters. The molecule has 2 aromatic carbocycles. The summed E-state index contributed by atoms with van der Waals surface area (Å²) in [6.07, 6.45) is 0.833. The van der Waals surface area contributed by atoms with E-state index in [4.69, 9.17) is 15.5 Å². The molecule has 3 nitrogen and oxygen atoms in total. The number of rotatable bonds is 7. The quantitative estimate of drug-likeness (QED) is 0.650. The normalized spacial score (nSPS) is 11.0. The highest BCUT2D eigenvalue weighted by molar-refractivity contribution is 7.09. The molecule has 1 aromatic heterocycles. The third-order valence-corrected chi connectivity index (χ3v) is 4.98. The van der Waals surface area contributed by atoms with Crippen molar-refractivity contribution in [2.45, 2.75) is 32.8 Å². The van der Waals surface area contributed by atoms with Crippen LogP contribution >= 0.6 is 11.3 Å². The van der Waals surface area contributed by atoms with Crippen molar-refractivity contribution >= 4 is 11.3 Å². The molecule has 0 atom stereocenters. The van der Waals surface area contributed by atoms with Gasteiger partial charge < -0.3 is 10.5 Å². The molecule has 1 heterocycles. The fourth-order valence-electron chi connectivity index (χ4n) is 2.71. The van der Waals surface area contributed by atoms with E-state index in [-0.39, 0.29) is 0 Å². The molecule has 0 saturated carbocycles. The van der Waals surface area contributed by atoms with E-state index in [0.717, 1.165) is 28.4 Å². The lowest BCUT2D eigenvalue weighted by Gasteiger charge is -2.15. The van der Waals surface area contributed by atoms with E-state index in [1.165, 1.54) is 11.1 Å². The monoisotopic (exact) mass is 352 g/mol. The van der Waals surface area contributed by atoms with Gasteiger partial charge >= 0.3 is 0 Å². The van der Waals surface area contributed by atoms with E-state index >= 15 is 0 Å². The van der Waals surface area contributed by atoms with Crippen LogP contribution in [0.5, 0.6) is 5.75 Å². The molecule has 0 fully saturated rings. The zero-order valence-electron chi connectivity index (χ0n) is 14.7. The number of hydrogen-bond acceptors (Lipinski definition) is 4. The fraction of sp³-hybridized carbons (Fsp3) is 0.286. The molecule has 130 valence electrons. The molecule has 4 heteroatoms. The summed E-state index contributed by atoms with van der Waals surface area (Å²) < 4.78 is 6.08. The zero-order chi connectivity index (χ0) is 17.6. The van der Waals surface area contributed by atoms with Gasteiger partial charge in [-0.05, 0) is 41.8 Å². The lowest BCUT2D eigenvalue weighted by Crippen LogP contribution is -2.02. The Kier molecular flexibility index (Phi) is 5.84. The predicted molar refractivity (Wildman–Crippen MR) is 105 cm³/mol. The molecule has 0 spiro atoms. The highest BCUT2D eigenvalue weighted by Crippen LogP contribution is 2.32. The fourth-order valence-corrected chi connectivity index (χ4v) is 3.53. The van der Waals surface area contributed by atoms with Crippen molar-refractivity contribution in [1.82, 2.24) is 4.98 Å². The number of hydrogen-bond donors (Lipinski definition) is 1. The molecule has 0 aliphatic rings. The largest absolute Gasteiger partial charge is 0.489 e. The molecule has 3 rings (SSSR count). The highest BCUT2D eigenvalue weighted by atomic mass is 32.1. The number of nitrogens with zero attached hydrogens (tertiary/aromatic N) is 1. The first-order valence-electron chi connectivity index (χ1n) is 8.63. The van der Waals surface area contributed by atoms with Crippen LogP contribution in [0.3, 0.4) is 0 Å². The molecular formula is C21H24N2OS. The van der Waals surface area contributed by atoms with Gasteiger partial charge in [-0.1, -0.05) is 44.2 Å². The van der Waals surface area contributed by atoms with Gasteiger partial charge in [-0.3, -0.25) is 0 Å². The number of thiazole rings is 1. The van der Waals surface area contributed by atoms with Gasteiger partial charge in [-0.15, -0.1) is 11.3 Å². The van der Waals surface area contributed by atoms with E-state index in [9.17, 15) is 0 Å². The van der Waals surface area contributed by atoms with Gasteiger partial charge in [0.1, 0.15) is 12.4 Å². The van der Waals surface area contributed by atoms with Crippen molar-refractivity contribution in [3.8, 4) is 17.0 Å². The molecule has 3 aromatic rings. The smallest absolute Gasteiger partial charge is 0.123 e. The first kappa shape index (κ1) is 17.6. The summed E-state index contributed by atoms with van der Waals surface area (Å²) in [6, 6.07) is 16.6. The van der Waals surface area contributed by atoms with Gasteiger partial charge in [-0.25, -0.2) is 4.98 Å². The van der Waals surface area contributed by atoms with Gasteiger partial charge in [0, 0.05) is 17.4 Å². The summed E-state index contributed by atoms with van der Waals surface area (Å²) in [5.74, 6) is 1.33. The average molecular weight is 353 g/mol. The van der Waals surface area contributed by atoms with Crippen LogP contribution in [-0.2, 0) is 13.0 Å². The summed E-state index contributed by atoms with van der Waals surface area (Å²) >= 11 is 1.67. The molecule has 0 saturated heterocycles. The summed E-state index contributed by atoms with van der Waals surface area (Å²) in [5, 5.41) is 3.20. The van der Waals surface area contributed by atoms with E-state index in [1.807, 2.05) is 18.2 Å². The van der Waals surface area contributed by atoms with Crippen LogP contribution in [0.4, 0.5) is 0 Å². The molecule has 0 bridgehead atoms. The van der Waals surface area contributed by atoms with Crippen LogP contribution in [0, 0.1) is 0 Å². The van der Waals surface area contributed by atoms with Crippen LogP contribution in [0.25, 0.3) is 11.3 Å². The van der Waals surface area contributed by atoms with E-state index in [1.54, 1.807) is 11.3 Å². The third-order valence-electron chi connectivity index (χ3n) is 4.07. The Morgan fingerprint density at radius 1 is 1.12 bits per heavy atom. The van der Waals surface area contributed by atoms with Gasteiger partial charge in [0.05, 0.1) is 10.7 Å². The second-order valence-corrected chi connectivity index (χ2v) is 7.29. The van der Waals surface area contributed by atoms with Crippen LogP contribution < -0.4 is 10.5 Å². The first-order chi connectivity index (χ1) is 12.2. The summed E-state index contributed by atoms with van der Waals surface area (Å²) in [5.41, 5.74) is 10.2. The van der Waals surface area contributed by atoms with Crippen molar-refractivity contribution in [2.24, 2.45) is 5.73 Å². The van der Waals surface area contributed by atoms with Gasteiger partial charge in [0.25, 0.3) is 0 Å². The molecule has 0 radical (unpaired) electrons. The topological polar surface area (TPSA) is 48.1 Å². The second kappa shape index (κ2) is 8.28. The minimum absolute atomic E-state index is 0.382. The zero-order valence-corrected chi connectivity index (χ0v) is 15.6. The van der Waals surface area contributed by atoms with Gasteiger partial charge in [0.2, 0.25) is 0 Å². The van der Waals surface area contributed by atoms with Crippen LogP contribution in [0.15, 0.2) is 53.9 Å². The maximum atomic E-state index is 6.08. The minimum atomic E-state index is 0.382. The van der Waals surface area contributed by atoms with Crippen molar-refractivity contribution in [3.63, 3.8) is 0 Å². The van der Waals surface area contributed by atoms with Crippen molar-refractivity contribution in [3.05, 3.63) is 70.0 Å². The first-order valence-corrected chi connectivity index (χ1v) is 9.51. The number of nitrogens with two attached hydrogens (primary N) is 1. The van der Waals surface area contributed by atoms with Crippen molar-refractivity contribution < 1.29 is 4.74 Å². The lowest BCUT2D eigenvalue weighted by atomic mass is 9.98. The molecule has 0 amide bonds. The van der Waals surface area contributed by atoms with E-state index in [0.29, 0.717) is 19.1 Å². The number of benzene rings is 2. The van der Waals surface area contributed by atoms with E-state index < -0.39 is 0 Å². The summed E-state index contributed by atoms with van der Waals surface area (Å²) in [7, 11) is 0. The Hall–Kier alpha value is -2.17. The molecule has 0 aliphatic carbocycles. The minimum Gasteiger partial charge on any atom is -0.489 e. The highest BCUT2D eigenvalue weighted by Gasteiger charge is 2.12. The van der Waals surface area contributed by atoms with Gasteiger partial charge in [0.15, 0.2) is 0 Å². The summed E-state index contributed by atoms with van der Waals surface area (Å²) in [6.45, 7) is 5.60. The number of ether oxygens (including phenoxy) is 1. The van der Waals surface area contributed by atoms with Crippen LogP contribution in [0.2, 0.25) is 0 Å². The maximum Gasteiger partial charge on any atom is 0.123 e. The Balaban J connectivity index is 1.82. The lowest BCUT2D eigenvalue weighted by molar-refractivity contribution is 0.302. The average Bonchev–Trinajstić information content (AvgIpc) is 3.09. The molecule has 2 N–H and O–H groups in total. The standard InChI is InChI=1S/C21H24N2OS/c1-15(2)18-12-17(19-14-25-21(23-19)10-11-22)8-9-20(18)24-13-16-6-4-3-5-7-16/h3-9,12,14-15H,10-11,13,22H2,1-2H3. The Morgan fingerprint density at radius 2 is 1.92 bits per heavy atom. The molecular weight excluding hydrogens is 328 g/mol. The molecule has 25 heavy (non-hydrogen) atoms. The third kappa shape index (κ3) is 4.47. The Bertz CT molecular complexity index is 812. The van der Waals surface area contributed by atoms with E-state index in [2.05, 4.69) is 49.6 Å². The summed E-state index contributed by atoms with van der Waals surface area (Å²) in [4.78, 5) is 4.69. The second-order valence-electron chi connectivity index (χ2n) is 6.35. The van der Waals surface area contributed by atoms with Gasteiger partial charge in [-0.2, -0.15) is 0 Å². The van der Waals surface area contributed by atoms with Crippen molar-refractivity contribution in [2.75, 3.05) is 6.54 Å². The van der Waals surface area contributed by atoms with Crippen LogP contribution in [-0.4, -0.2) is 11.5 Å².